The molecule has 3 nitrogen and oxygen atoms in total. The van der Waals surface area contributed by atoms with Gasteiger partial charge in [0.15, 0.2) is 5.78 Å². The standard InChI is InChI=1S/C12H19NO2/c1-10(14)8-9-12(15)13-11-6-4-2-3-5-7-11/h8-9,11H,2-7H2,1H3,(H,13,15)/b9-8+. The molecule has 1 saturated carbocycles. The van der Waals surface area contributed by atoms with Crippen LogP contribution in [0.1, 0.15) is 45.4 Å². The van der Waals surface area contributed by atoms with Gasteiger partial charge < -0.3 is 5.32 Å². The monoisotopic (exact) mass is 209 g/mol. The zero-order chi connectivity index (χ0) is 11.1. The summed E-state index contributed by atoms with van der Waals surface area (Å²) in [7, 11) is 0. The second-order valence-electron chi connectivity index (χ2n) is 4.14. The van der Waals surface area contributed by atoms with Crippen LogP contribution in [-0.4, -0.2) is 17.7 Å². The van der Waals surface area contributed by atoms with Gasteiger partial charge in [-0.1, -0.05) is 25.7 Å². The Labute approximate surface area is 90.9 Å². The van der Waals surface area contributed by atoms with Crippen molar-refractivity contribution in [2.75, 3.05) is 0 Å². The second kappa shape index (κ2) is 6.38. The molecular formula is C12H19NO2. The zero-order valence-corrected chi connectivity index (χ0v) is 9.29. The smallest absolute Gasteiger partial charge is 0.244 e. The van der Waals surface area contributed by atoms with E-state index in [0.717, 1.165) is 12.8 Å². The molecule has 1 fully saturated rings. The number of hydrogen-bond acceptors (Lipinski definition) is 2. The summed E-state index contributed by atoms with van der Waals surface area (Å²) >= 11 is 0. The molecule has 0 aliphatic heterocycles. The van der Waals surface area contributed by atoms with E-state index in [2.05, 4.69) is 5.32 Å². The maximum absolute atomic E-state index is 11.4. The highest BCUT2D eigenvalue weighted by atomic mass is 16.1. The number of ketones is 1. The average Bonchev–Trinajstić information content (AvgIpc) is 2.43. The molecule has 1 rings (SSSR count). The molecule has 0 aromatic carbocycles. The highest BCUT2D eigenvalue weighted by Crippen LogP contribution is 2.16. The summed E-state index contributed by atoms with van der Waals surface area (Å²) in [5.74, 6) is -0.233. The van der Waals surface area contributed by atoms with Gasteiger partial charge in [0, 0.05) is 12.1 Å². The Morgan fingerprint density at radius 3 is 2.20 bits per heavy atom. The maximum atomic E-state index is 11.4. The van der Waals surface area contributed by atoms with Crippen LogP contribution in [0.4, 0.5) is 0 Å². The van der Waals surface area contributed by atoms with E-state index in [4.69, 9.17) is 0 Å². The van der Waals surface area contributed by atoms with Crippen LogP contribution in [0.25, 0.3) is 0 Å². The normalized spacial score (nSPS) is 18.7. The highest BCUT2D eigenvalue weighted by Gasteiger charge is 2.12. The molecule has 0 aromatic heterocycles. The Morgan fingerprint density at radius 1 is 1.07 bits per heavy atom. The molecule has 0 saturated heterocycles. The molecule has 15 heavy (non-hydrogen) atoms. The Hall–Kier alpha value is -1.12. The Balaban J connectivity index is 2.32. The number of amides is 1. The van der Waals surface area contributed by atoms with Crippen molar-refractivity contribution in [3.8, 4) is 0 Å². The van der Waals surface area contributed by atoms with E-state index in [0.29, 0.717) is 6.04 Å². The van der Waals surface area contributed by atoms with Crippen LogP contribution in [0.5, 0.6) is 0 Å². The summed E-state index contributed by atoms with van der Waals surface area (Å²) in [6, 6.07) is 0.302. The van der Waals surface area contributed by atoms with Crippen molar-refractivity contribution in [3.63, 3.8) is 0 Å². The third kappa shape index (κ3) is 5.35. The van der Waals surface area contributed by atoms with Crippen LogP contribution in [0, 0.1) is 0 Å². The lowest BCUT2D eigenvalue weighted by Crippen LogP contribution is -2.33. The summed E-state index contributed by atoms with van der Waals surface area (Å²) in [5, 5.41) is 2.94. The first-order chi connectivity index (χ1) is 7.18. The third-order valence-corrected chi connectivity index (χ3v) is 2.67. The van der Waals surface area contributed by atoms with Crippen molar-refractivity contribution in [1.29, 1.82) is 0 Å². The molecule has 1 aliphatic carbocycles. The van der Waals surface area contributed by atoms with Crippen LogP contribution in [0.15, 0.2) is 12.2 Å². The number of nitrogens with one attached hydrogen (secondary N) is 1. The van der Waals surface area contributed by atoms with Gasteiger partial charge in [0.05, 0.1) is 0 Å². The number of hydrogen-bond donors (Lipinski definition) is 1. The number of carbonyl (C=O) groups is 2. The third-order valence-electron chi connectivity index (χ3n) is 2.67. The average molecular weight is 209 g/mol. The lowest BCUT2D eigenvalue weighted by Gasteiger charge is -2.14. The SMILES string of the molecule is CC(=O)/C=C/C(=O)NC1CCCCCC1. The number of carbonyl (C=O) groups excluding carboxylic acids is 2. The van der Waals surface area contributed by atoms with Gasteiger partial charge in [-0.3, -0.25) is 9.59 Å². The molecule has 0 spiro atoms. The number of rotatable bonds is 3. The van der Waals surface area contributed by atoms with E-state index in [9.17, 15) is 9.59 Å². The second-order valence-corrected chi connectivity index (χ2v) is 4.14. The van der Waals surface area contributed by atoms with E-state index in [1.165, 1.54) is 44.8 Å². The summed E-state index contributed by atoms with van der Waals surface area (Å²) in [4.78, 5) is 22.0. The van der Waals surface area contributed by atoms with E-state index in [1.54, 1.807) is 0 Å². The summed E-state index contributed by atoms with van der Waals surface area (Å²) in [6.45, 7) is 1.44. The Morgan fingerprint density at radius 2 is 1.67 bits per heavy atom. The van der Waals surface area contributed by atoms with Gasteiger partial charge >= 0.3 is 0 Å². The fourth-order valence-corrected chi connectivity index (χ4v) is 1.87. The Bertz CT molecular complexity index is 250. The maximum Gasteiger partial charge on any atom is 0.244 e. The van der Waals surface area contributed by atoms with Crippen molar-refractivity contribution >= 4 is 11.7 Å². The van der Waals surface area contributed by atoms with E-state index in [1.807, 2.05) is 0 Å². The minimum absolute atomic E-state index is 0.0917. The molecule has 0 bridgehead atoms. The van der Waals surface area contributed by atoms with Crippen LogP contribution in [-0.2, 0) is 9.59 Å². The van der Waals surface area contributed by atoms with E-state index < -0.39 is 0 Å². The molecule has 0 heterocycles. The molecule has 0 atom stereocenters. The van der Waals surface area contributed by atoms with Crippen molar-refractivity contribution in [2.45, 2.75) is 51.5 Å². The van der Waals surface area contributed by atoms with Crippen LogP contribution in [0.2, 0.25) is 0 Å². The van der Waals surface area contributed by atoms with Gasteiger partial charge in [-0.25, -0.2) is 0 Å². The fourth-order valence-electron chi connectivity index (χ4n) is 1.87. The first-order valence-corrected chi connectivity index (χ1v) is 5.67. The van der Waals surface area contributed by atoms with Crippen molar-refractivity contribution in [3.05, 3.63) is 12.2 Å². The van der Waals surface area contributed by atoms with Gasteiger partial charge in [0.25, 0.3) is 0 Å². The van der Waals surface area contributed by atoms with Gasteiger partial charge in [-0.2, -0.15) is 0 Å². The molecule has 1 amide bonds. The lowest BCUT2D eigenvalue weighted by molar-refractivity contribution is -0.118. The lowest BCUT2D eigenvalue weighted by atomic mass is 10.1. The van der Waals surface area contributed by atoms with Crippen LogP contribution >= 0.6 is 0 Å². The summed E-state index contributed by atoms with van der Waals surface area (Å²) < 4.78 is 0. The first kappa shape index (κ1) is 12.0. The minimum atomic E-state index is -0.142. The molecular weight excluding hydrogens is 190 g/mol. The topological polar surface area (TPSA) is 46.2 Å². The van der Waals surface area contributed by atoms with E-state index >= 15 is 0 Å². The minimum Gasteiger partial charge on any atom is -0.350 e. The quantitative estimate of drug-likeness (QED) is 0.570. The van der Waals surface area contributed by atoms with Gasteiger partial charge in [-0.15, -0.1) is 0 Å². The fraction of sp³-hybridized carbons (Fsp3) is 0.667. The molecule has 0 aromatic rings. The van der Waals surface area contributed by atoms with Crippen LogP contribution in [0.3, 0.4) is 0 Å². The summed E-state index contributed by atoms with van der Waals surface area (Å²) in [6.07, 6.45) is 9.71. The molecule has 0 unspecified atom stereocenters. The predicted molar refractivity (Wildman–Crippen MR) is 59.5 cm³/mol. The number of allylic oxidation sites excluding steroid dienone is 1. The predicted octanol–water partition coefficient (Wildman–Crippen LogP) is 1.97. The molecule has 84 valence electrons. The molecule has 1 N–H and O–H groups in total. The van der Waals surface area contributed by atoms with Crippen LogP contribution < -0.4 is 5.32 Å². The molecule has 1 aliphatic rings. The van der Waals surface area contributed by atoms with Crippen molar-refractivity contribution in [1.82, 2.24) is 5.32 Å². The summed E-state index contributed by atoms with van der Waals surface area (Å²) in [5.41, 5.74) is 0. The highest BCUT2D eigenvalue weighted by molar-refractivity contribution is 5.96. The van der Waals surface area contributed by atoms with Gasteiger partial charge in [-0.05, 0) is 25.8 Å². The van der Waals surface area contributed by atoms with E-state index in [-0.39, 0.29) is 11.7 Å². The largest absolute Gasteiger partial charge is 0.350 e. The van der Waals surface area contributed by atoms with Crippen molar-refractivity contribution < 1.29 is 9.59 Å². The van der Waals surface area contributed by atoms with Crippen molar-refractivity contribution in [2.24, 2.45) is 0 Å². The zero-order valence-electron chi connectivity index (χ0n) is 9.29. The molecule has 0 radical (unpaired) electrons. The van der Waals surface area contributed by atoms with Gasteiger partial charge in [0.2, 0.25) is 5.91 Å². The Kier molecular flexibility index (Phi) is 5.08. The first-order valence-electron chi connectivity index (χ1n) is 5.67. The molecule has 3 heteroatoms. The van der Waals surface area contributed by atoms with Gasteiger partial charge in [0.1, 0.15) is 0 Å².